The monoisotopic (exact) mass is 289 g/mol. The highest BCUT2D eigenvalue weighted by Crippen LogP contribution is 2.15. The van der Waals surface area contributed by atoms with Gasteiger partial charge in [0, 0.05) is 19.6 Å². The molecule has 1 aromatic carbocycles. The molecule has 2 amide bonds. The van der Waals surface area contributed by atoms with E-state index in [0.29, 0.717) is 30.9 Å². The largest absolute Gasteiger partial charge is 0.366 e. The summed E-state index contributed by atoms with van der Waals surface area (Å²) in [6, 6.07) is 6.86. The quantitative estimate of drug-likeness (QED) is 0.691. The molecule has 1 aliphatic heterocycles. The zero-order valence-corrected chi connectivity index (χ0v) is 11.7. The van der Waals surface area contributed by atoms with Crippen LogP contribution in [-0.2, 0) is 9.53 Å². The molecule has 1 aromatic rings. The minimum atomic E-state index is -0.539. The number of nitrogens with one attached hydrogen (secondary N) is 3. The Kier molecular flexibility index (Phi) is 5.48. The second-order valence-corrected chi connectivity index (χ2v) is 4.60. The Morgan fingerprint density at radius 1 is 1.43 bits per heavy atom. The van der Waals surface area contributed by atoms with Crippen LogP contribution < -0.4 is 16.0 Å². The highest BCUT2D eigenvalue weighted by Gasteiger charge is 2.23. The van der Waals surface area contributed by atoms with Gasteiger partial charge in [0.05, 0.1) is 17.9 Å². The maximum absolute atomic E-state index is 12.1. The highest BCUT2D eigenvalue weighted by molar-refractivity contribution is 6.04. The van der Waals surface area contributed by atoms with Crippen molar-refractivity contribution >= 4 is 17.5 Å². The lowest BCUT2D eigenvalue weighted by atomic mass is 10.1. The van der Waals surface area contributed by atoms with Crippen molar-refractivity contribution < 1.29 is 14.3 Å². The third-order valence-electron chi connectivity index (χ3n) is 3.06. The Balaban J connectivity index is 2.06. The molecule has 1 unspecified atom stereocenters. The summed E-state index contributed by atoms with van der Waals surface area (Å²) in [7, 11) is 0. The molecule has 6 heteroatoms. The van der Waals surface area contributed by atoms with Gasteiger partial charge in [-0.05, 0) is 12.1 Å². The first kappa shape index (κ1) is 15.2. The molecule has 1 heterocycles. The van der Waals surface area contributed by atoms with Crippen molar-refractivity contribution in [3.63, 3.8) is 0 Å². The number of para-hydroxylation sites is 1. The van der Waals surface area contributed by atoms with Gasteiger partial charge >= 0.3 is 0 Å². The predicted octanol–water partition coefficient (Wildman–Crippen LogP) is 0.529. The minimum absolute atomic E-state index is 0.256. The lowest BCUT2D eigenvalue weighted by molar-refractivity contribution is -0.128. The molecule has 0 spiro atoms. The van der Waals surface area contributed by atoms with Crippen LogP contribution in [0.1, 0.15) is 10.4 Å². The Hall–Kier alpha value is -2.18. The van der Waals surface area contributed by atoms with Gasteiger partial charge in [-0.3, -0.25) is 9.59 Å². The summed E-state index contributed by atoms with van der Waals surface area (Å²) in [4.78, 5) is 24.2. The number of anilines is 1. The van der Waals surface area contributed by atoms with Crippen LogP contribution in [0.5, 0.6) is 0 Å². The smallest absolute Gasteiger partial charge is 0.254 e. The fraction of sp³-hybridized carbons (Fsp3) is 0.333. The van der Waals surface area contributed by atoms with Crippen LogP contribution >= 0.6 is 0 Å². The molecule has 1 saturated heterocycles. The second-order valence-electron chi connectivity index (χ2n) is 4.60. The van der Waals surface area contributed by atoms with E-state index in [1.165, 1.54) is 0 Å². The van der Waals surface area contributed by atoms with Gasteiger partial charge in [0.1, 0.15) is 6.10 Å². The summed E-state index contributed by atoms with van der Waals surface area (Å²) in [5.41, 5.74) is 0.884. The van der Waals surface area contributed by atoms with Gasteiger partial charge in [-0.2, -0.15) is 0 Å². The second kappa shape index (κ2) is 7.56. The van der Waals surface area contributed by atoms with Crippen molar-refractivity contribution in [2.45, 2.75) is 6.10 Å². The number of amides is 2. The molecule has 1 atom stereocenters. The van der Waals surface area contributed by atoms with Crippen molar-refractivity contribution in [3.8, 4) is 0 Å². The van der Waals surface area contributed by atoms with Crippen LogP contribution in [0.2, 0.25) is 0 Å². The van der Waals surface area contributed by atoms with Gasteiger partial charge < -0.3 is 20.7 Å². The van der Waals surface area contributed by atoms with Crippen LogP contribution in [0.4, 0.5) is 5.69 Å². The van der Waals surface area contributed by atoms with Crippen LogP contribution in [0.3, 0.4) is 0 Å². The first-order valence-electron chi connectivity index (χ1n) is 6.83. The average molecular weight is 289 g/mol. The first-order valence-corrected chi connectivity index (χ1v) is 6.83. The topological polar surface area (TPSA) is 79.5 Å². The summed E-state index contributed by atoms with van der Waals surface area (Å²) in [6.07, 6.45) is 1.06. The molecule has 112 valence electrons. The molecular formula is C15H19N3O3. The van der Waals surface area contributed by atoms with Gasteiger partial charge in [-0.15, -0.1) is 6.58 Å². The molecule has 2 rings (SSSR count). The Labute approximate surface area is 123 Å². The number of ether oxygens (including phenoxy) is 1. The molecule has 1 aliphatic rings. The molecule has 0 radical (unpaired) electrons. The van der Waals surface area contributed by atoms with E-state index >= 15 is 0 Å². The van der Waals surface area contributed by atoms with E-state index < -0.39 is 6.10 Å². The summed E-state index contributed by atoms with van der Waals surface area (Å²) in [6.45, 7) is 5.63. The van der Waals surface area contributed by atoms with E-state index in [-0.39, 0.29) is 11.8 Å². The van der Waals surface area contributed by atoms with Crippen molar-refractivity contribution in [1.29, 1.82) is 0 Å². The third-order valence-corrected chi connectivity index (χ3v) is 3.06. The summed E-state index contributed by atoms with van der Waals surface area (Å²) in [5.74, 6) is -0.514. The number of carbonyl (C=O) groups is 2. The predicted molar refractivity (Wildman–Crippen MR) is 80.2 cm³/mol. The standard InChI is InChI=1S/C15H19N3O3/c1-2-7-17-14(19)11-5-3-4-6-12(11)18-15(20)13-10-16-8-9-21-13/h2-6,13,16H,1,7-10H2,(H,17,19)(H,18,20). The molecular weight excluding hydrogens is 270 g/mol. The SMILES string of the molecule is C=CCNC(=O)c1ccccc1NC(=O)C1CNCCO1. The van der Waals surface area contributed by atoms with E-state index in [0.717, 1.165) is 6.54 Å². The lowest BCUT2D eigenvalue weighted by Crippen LogP contribution is -2.45. The van der Waals surface area contributed by atoms with E-state index in [2.05, 4.69) is 22.5 Å². The van der Waals surface area contributed by atoms with Crippen LogP contribution in [0.15, 0.2) is 36.9 Å². The van der Waals surface area contributed by atoms with Crippen molar-refractivity contribution in [3.05, 3.63) is 42.5 Å². The molecule has 1 fully saturated rings. The van der Waals surface area contributed by atoms with Gasteiger partial charge in [0.25, 0.3) is 11.8 Å². The van der Waals surface area contributed by atoms with E-state index in [1.807, 2.05) is 0 Å². The molecule has 21 heavy (non-hydrogen) atoms. The molecule has 3 N–H and O–H groups in total. The number of morpholine rings is 1. The average Bonchev–Trinajstić information content (AvgIpc) is 2.54. The van der Waals surface area contributed by atoms with Crippen LogP contribution in [0, 0.1) is 0 Å². The maximum atomic E-state index is 12.1. The lowest BCUT2D eigenvalue weighted by Gasteiger charge is -2.23. The number of hydrogen-bond donors (Lipinski definition) is 3. The first-order chi connectivity index (χ1) is 10.2. The highest BCUT2D eigenvalue weighted by atomic mass is 16.5. The van der Waals surface area contributed by atoms with Gasteiger partial charge in [-0.25, -0.2) is 0 Å². The van der Waals surface area contributed by atoms with Crippen LogP contribution in [0.25, 0.3) is 0 Å². The maximum Gasteiger partial charge on any atom is 0.254 e. The zero-order chi connectivity index (χ0) is 15.1. The number of carbonyl (C=O) groups excluding carboxylic acids is 2. The summed E-state index contributed by atoms with van der Waals surface area (Å²) in [5, 5.41) is 8.53. The number of hydrogen-bond acceptors (Lipinski definition) is 4. The molecule has 0 saturated carbocycles. The molecule has 0 aliphatic carbocycles. The molecule has 0 bridgehead atoms. The molecule has 0 aromatic heterocycles. The Morgan fingerprint density at radius 2 is 2.24 bits per heavy atom. The third kappa shape index (κ3) is 4.14. The van der Waals surface area contributed by atoms with E-state index in [4.69, 9.17) is 4.74 Å². The molecule has 6 nitrogen and oxygen atoms in total. The Bertz CT molecular complexity index is 525. The van der Waals surface area contributed by atoms with Gasteiger partial charge in [-0.1, -0.05) is 18.2 Å². The fourth-order valence-corrected chi connectivity index (χ4v) is 2.00. The Morgan fingerprint density at radius 3 is 2.95 bits per heavy atom. The summed E-state index contributed by atoms with van der Waals surface area (Å²) < 4.78 is 5.39. The zero-order valence-electron chi connectivity index (χ0n) is 11.7. The normalized spacial score (nSPS) is 17.8. The fourth-order valence-electron chi connectivity index (χ4n) is 2.00. The van der Waals surface area contributed by atoms with Gasteiger partial charge in [0.15, 0.2) is 0 Å². The number of rotatable bonds is 5. The summed E-state index contributed by atoms with van der Waals surface area (Å²) >= 11 is 0. The van der Waals surface area contributed by atoms with Gasteiger partial charge in [0.2, 0.25) is 0 Å². The van der Waals surface area contributed by atoms with E-state index in [9.17, 15) is 9.59 Å². The van der Waals surface area contributed by atoms with Crippen LogP contribution in [-0.4, -0.2) is 44.2 Å². The van der Waals surface area contributed by atoms with Crippen molar-refractivity contribution in [1.82, 2.24) is 10.6 Å². The van der Waals surface area contributed by atoms with Crippen molar-refractivity contribution in [2.75, 3.05) is 31.6 Å². The number of benzene rings is 1. The van der Waals surface area contributed by atoms with Crippen molar-refractivity contribution in [2.24, 2.45) is 0 Å². The minimum Gasteiger partial charge on any atom is -0.366 e. The van der Waals surface area contributed by atoms with E-state index in [1.54, 1.807) is 30.3 Å².